The molecule has 0 saturated carbocycles. The Morgan fingerprint density at radius 1 is 1.24 bits per heavy atom. The zero-order valence-electron chi connectivity index (χ0n) is 14.2. The van der Waals surface area contributed by atoms with E-state index in [1.54, 1.807) is 4.90 Å². The van der Waals surface area contributed by atoms with Crippen molar-refractivity contribution in [3.63, 3.8) is 0 Å². The normalized spacial score (nSPS) is 17.2. The maximum Gasteiger partial charge on any atom is 0.322 e. The second kappa shape index (κ2) is 6.16. The molecule has 1 N–H and O–H groups in total. The summed E-state index contributed by atoms with van der Waals surface area (Å²) >= 11 is 0. The number of fused-ring (bicyclic) bond motifs is 1. The fourth-order valence-electron chi connectivity index (χ4n) is 3.30. The van der Waals surface area contributed by atoms with Gasteiger partial charge in [0.05, 0.1) is 28.6 Å². The number of urea groups is 1. The number of amides is 2. The quantitative estimate of drug-likeness (QED) is 0.772. The maximum absolute atomic E-state index is 12.9. The molecule has 2 amide bonds. The molecule has 7 heteroatoms. The molecule has 3 aromatic rings. The van der Waals surface area contributed by atoms with Gasteiger partial charge in [0.2, 0.25) is 0 Å². The molecule has 1 fully saturated rings. The Labute approximate surface area is 145 Å². The summed E-state index contributed by atoms with van der Waals surface area (Å²) in [4.78, 5) is 14.7. The Kier molecular flexibility index (Phi) is 3.83. The van der Waals surface area contributed by atoms with Crippen molar-refractivity contribution in [1.82, 2.24) is 20.3 Å². The first-order valence-electron chi connectivity index (χ1n) is 8.36. The SMILES string of the molecule is Cc1cc2c(NC(=O)N3CCC[C@@H]3c3cc(C)no3)cccc2nn1. The predicted octanol–water partition coefficient (Wildman–Crippen LogP) is 3.60. The van der Waals surface area contributed by atoms with Gasteiger partial charge in [-0.1, -0.05) is 11.2 Å². The Morgan fingerprint density at radius 3 is 2.92 bits per heavy atom. The first-order chi connectivity index (χ1) is 12.1. The van der Waals surface area contributed by atoms with Crippen LogP contribution in [0.2, 0.25) is 0 Å². The molecule has 0 spiro atoms. The van der Waals surface area contributed by atoms with Crippen molar-refractivity contribution < 1.29 is 9.32 Å². The minimum atomic E-state index is -0.140. The maximum atomic E-state index is 12.9. The summed E-state index contributed by atoms with van der Waals surface area (Å²) in [6.07, 6.45) is 1.82. The average Bonchev–Trinajstić information content (AvgIpc) is 3.24. The van der Waals surface area contributed by atoms with Crippen LogP contribution in [0.1, 0.15) is 36.0 Å². The first kappa shape index (κ1) is 15.6. The van der Waals surface area contributed by atoms with Gasteiger partial charge in [-0.3, -0.25) is 0 Å². The summed E-state index contributed by atoms with van der Waals surface area (Å²) in [7, 11) is 0. The number of aryl methyl sites for hydroxylation is 2. The average molecular weight is 337 g/mol. The van der Waals surface area contributed by atoms with E-state index in [1.165, 1.54) is 0 Å². The van der Waals surface area contributed by atoms with E-state index >= 15 is 0 Å². The van der Waals surface area contributed by atoms with Crippen molar-refractivity contribution in [2.45, 2.75) is 32.7 Å². The molecule has 0 radical (unpaired) electrons. The molecule has 0 aliphatic carbocycles. The summed E-state index contributed by atoms with van der Waals surface area (Å²) < 4.78 is 5.37. The fourth-order valence-corrected chi connectivity index (χ4v) is 3.30. The van der Waals surface area contributed by atoms with E-state index in [4.69, 9.17) is 4.52 Å². The molecule has 1 atom stereocenters. The molecule has 0 unspecified atom stereocenters. The van der Waals surface area contributed by atoms with Crippen LogP contribution >= 0.6 is 0 Å². The van der Waals surface area contributed by atoms with E-state index in [-0.39, 0.29) is 12.1 Å². The van der Waals surface area contributed by atoms with E-state index in [0.717, 1.165) is 46.6 Å². The van der Waals surface area contributed by atoms with Crippen LogP contribution in [0.15, 0.2) is 34.9 Å². The third-order valence-corrected chi connectivity index (χ3v) is 4.48. The summed E-state index contributed by atoms with van der Waals surface area (Å²) in [5.74, 6) is 0.741. The van der Waals surface area contributed by atoms with Crippen LogP contribution in [0.3, 0.4) is 0 Å². The van der Waals surface area contributed by atoms with Gasteiger partial charge in [-0.2, -0.15) is 10.2 Å². The van der Waals surface area contributed by atoms with Crippen LogP contribution in [0.4, 0.5) is 10.5 Å². The van der Waals surface area contributed by atoms with Gasteiger partial charge in [-0.25, -0.2) is 4.79 Å². The van der Waals surface area contributed by atoms with Crippen LogP contribution in [0, 0.1) is 13.8 Å². The fraction of sp³-hybridized carbons (Fsp3) is 0.333. The zero-order valence-corrected chi connectivity index (χ0v) is 14.2. The van der Waals surface area contributed by atoms with E-state index in [9.17, 15) is 4.79 Å². The number of carbonyl (C=O) groups is 1. The van der Waals surface area contributed by atoms with E-state index in [2.05, 4.69) is 20.7 Å². The summed E-state index contributed by atoms with van der Waals surface area (Å²) in [5, 5.41) is 16.1. The molecule has 4 rings (SSSR count). The molecule has 2 aromatic heterocycles. The third-order valence-electron chi connectivity index (χ3n) is 4.48. The summed E-state index contributed by atoms with van der Waals surface area (Å²) in [6.45, 7) is 4.46. The number of nitrogens with one attached hydrogen (secondary N) is 1. The lowest BCUT2D eigenvalue weighted by Gasteiger charge is -2.23. The number of anilines is 1. The van der Waals surface area contributed by atoms with Gasteiger partial charge in [0.1, 0.15) is 0 Å². The lowest BCUT2D eigenvalue weighted by molar-refractivity contribution is 0.195. The Hall–Kier alpha value is -2.96. The molecule has 7 nitrogen and oxygen atoms in total. The highest BCUT2D eigenvalue weighted by Gasteiger charge is 2.32. The van der Waals surface area contributed by atoms with Crippen LogP contribution in [0.5, 0.6) is 0 Å². The molecule has 1 aromatic carbocycles. The molecule has 1 saturated heterocycles. The van der Waals surface area contributed by atoms with Gasteiger partial charge in [0.25, 0.3) is 0 Å². The number of carbonyl (C=O) groups excluding carboxylic acids is 1. The molecule has 3 heterocycles. The van der Waals surface area contributed by atoms with Crippen LogP contribution < -0.4 is 5.32 Å². The lowest BCUT2D eigenvalue weighted by atomic mass is 10.1. The number of likely N-dealkylation sites (tertiary alicyclic amines) is 1. The third kappa shape index (κ3) is 2.93. The van der Waals surface area contributed by atoms with Crippen molar-refractivity contribution in [3.05, 3.63) is 47.5 Å². The van der Waals surface area contributed by atoms with Gasteiger partial charge < -0.3 is 14.7 Å². The molecular weight excluding hydrogens is 318 g/mol. The highest BCUT2D eigenvalue weighted by atomic mass is 16.5. The summed E-state index contributed by atoms with van der Waals surface area (Å²) in [5.41, 5.74) is 3.13. The van der Waals surface area contributed by atoms with E-state index < -0.39 is 0 Å². The molecule has 1 aliphatic rings. The Bertz CT molecular complexity index is 936. The van der Waals surface area contributed by atoms with Gasteiger partial charge in [-0.05, 0) is 44.9 Å². The highest BCUT2D eigenvalue weighted by Crippen LogP contribution is 2.33. The minimum absolute atomic E-state index is 0.0716. The Morgan fingerprint density at radius 2 is 2.12 bits per heavy atom. The largest absolute Gasteiger partial charge is 0.359 e. The van der Waals surface area contributed by atoms with Gasteiger partial charge in [0, 0.05) is 18.0 Å². The van der Waals surface area contributed by atoms with Crippen molar-refractivity contribution in [1.29, 1.82) is 0 Å². The summed E-state index contributed by atoms with van der Waals surface area (Å²) in [6, 6.07) is 9.24. The van der Waals surface area contributed by atoms with Crippen molar-refractivity contribution >= 4 is 22.6 Å². The topological polar surface area (TPSA) is 84.2 Å². The predicted molar refractivity (Wildman–Crippen MR) is 93.2 cm³/mol. The van der Waals surface area contributed by atoms with Gasteiger partial charge in [-0.15, -0.1) is 0 Å². The van der Waals surface area contributed by atoms with E-state index in [1.807, 2.05) is 44.2 Å². The highest BCUT2D eigenvalue weighted by molar-refractivity contribution is 6.00. The second-order valence-electron chi connectivity index (χ2n) is 6.38. The van der Waals surface area contributed by atoms with Crippen molar-refractivity contribution in [3.8, 4) is 0 Å². The smallest absolute Gasteiger partial charge is 0.322 e. The van der Waals surface area contributed by atoms with Gasteiger partial charge >= 0.3 is 6.03 Å². The molecule has 25 heavy (non-hydrogen) atoms. The number of aromatic nitrogens is 3. The zero-order chi connectivity index (χ0) is 17.4. The lowest BCUT2D eigenvalue weighted by Crippen LogP contribution is -2.34. The number of hydrogen-bond donors (Lipinski definition) is 1. The number of rotatable bonds is 2. The van der Waals surface area contributed by atoms with Crippen LogP contribution in [0.25, 0.3) is 10.9 Å². The molecule has 128 valence electrons. The first-order valence-corrected chi connectivity index (χ1v) is 8.36. The van der Waals surface area contributed by atoms with Crippen LogP contribution in [-0.2, 0) is 0 Å². The number of nitrogens with zero attached hydrogens (tertiary/aromatic N) is 4. The monoisotopic (exact) mass is 337 g/mol. The Balaban J connectivity index is 1.60. The van der Waals surface area contributed by atoms with Crippen molar-refractivity contribution in [2.24, 2.45) is 0 Å². The van der Waals surface area contributed by atoms with Crippen molar-refractivity contribution in [2.75, 3.05) is 11.9 Å². The second-order valence-corrected chi connectivity index (χ2v) is 6.38. The molecule has 1 aliphatic heterocycles. The number of benzene rings is 1. The minimum Gasteiger partial charge on any atom is -0.359 e. The number of hydrogen-bond acceptors (Lipinski definition) is 5. The van der Waals surface area contributed by atoms with Crippen LogP contribution in [-0.4, -0.2) is 32.8 Å². The standard InChI is InChI=1S/C18H19N5O2/c1-11-9-13-14(5-3-6-15(13)21-20-11)19-18(24)23-8-4-7-16(23)17-10-12(2)22-25-17/h3,5-6,9-10,16H,4,7-8H2,1-2H3,(H,19,24)/t16-/m1/s1. The van der Waals surface area contributed by atoms with Gasteiger partial charge in [0.15, 0.2) is 5.76 Å². The van der Waals surface area contributed by atoms with E-state index in [0.29, 0.717) is 6.54 Å². The molecule has 0 bridgehead atoms. The molecular formula is C18H19N5O2.